The number of nitrogens with zero attached hydrogens (tertiary/aromatic N) is 1. The van der Waals surface area contributed by atoms with Crippen molar-refractivity contribution in [3.8, 4) is 5.75 Å². The third-order valence-electron chi connectivity index (χ3n) is 5.50. The molecule has 4 heteroatoms. The Morgan fingerprint density at radius 3 is 2.80 bits per heavy atom. The molecule has 1 N–H and O–H groups in total. The van der Waals surface area contributed by atoms with Gasteiger partial charge in [-0.15, -0.1) is 0 Å². The first kappa shape index (κ1) is 16.2. The summed E-state index contributed by atoms with van der Waals surface area (Å²) < 4.78 is 5.35. The number of hydrogen-bond acceptors (Lipinski definition) is 3. The lowest BCUT2D eigenvalue weighted by Crippen LogP contribution is -2.41. The molecule has 2 unspecified atom stereocenters. The molecule has 4 rings (SSSR count). The average molecular weight is 336 g/mol. The van der Waals surface area contributed by atoms with Crippen LogP contribution in [0, 0.1) is 5.92 Å². The predicted octanol–water partition coefficient (Wildman–Crippen LogP) is 2.58. The van der Waals surface area contributed by atoms with Crippen molar-refractivity contribution in [1.82, 2.24) is 10.2 Å². The van der Waals surface area contributed by atoms with Gasteiger partial charge in [-0.1, -0.05) is 36.4 Å². The van der Waals surface area contributed by atoms with Gasteiger partial charge < -0.3 is 15.0 Å². The fraction of sp³-hybridized carbons (Fsp3) is 0.381. The zero-order valence-electron chi connectivity index (χ0n) is 14.6. The first-order chi connectivity index (χ1) is 12.3. The van der Waals surface area contributed by atoms with E-state index in [-0.39, 0.29) is 17.7 Å². The molecule has 0 aromatic heterocycles. The van der Waals surface area contributed by atoms with E-state index in [4.69, 9.17) is 4.74 Å². The van der Waals surface area contributed by atoms with Crippen LogP contribution in [0.4, 0.5) is 0 Å². The Morgan fingerprint density at radius 1 is 1.12 bits per heavy atom. The fourth-order valence-electron chi connectivity index (χ4n) is 4.08. The van der Waals surface area contributed by atoms with Crippen LogP contribution in [0.2, 0.25) is 0 Å². The first-order valence-corrected chi connectivity index (χ1v) is 8.96. The molecule has 1 fully saturated rings. The number of benzene rings is 2. The predicted molar refractivity (Wildman–Crippen MR) is 97.7 cm³/mol. The number of fused-ring (bicyclic) bond motifs is 1. The van der Waals surface area contributed by atoms with Crippen molar-refractivity contribution in [2.75, 3.05) is 26.7 Å². The van der Waals surface area contributed by atoms with E-state index in [1.165, 1.54) is 16.7 Å². The maximum atomic E-state index is 13.2. The molecule has 2 atom stereocenters. The number of nitrogens with one attached hydrogen (secondary N) is 1. The van der Waals surface area contributed by atoms with Crippen LogP contribution in [0.25, 0.3) is 0 Å². The zero-order chi connectivity index (χ0) is 17.2. The molecular formula is C21H24N2O2. The van der Waals surface area contributed by atoms with Gasteiger partial charge in [0.25, 0.3) is 0 Å². The molecule has 0 saturated carbocycles. The quantitative estimate of drug-likeness (QED) is 0.937. The molecule has 2 aromatic carbocycles. The molecule has 0 aliphatic carbocycles. The minimum absolute atomic E-state index is 0.00244. The van der Waals surface area contributed by atoms with Crippen LogP contribution in [-0.4, -0.2) is 37.6 Å². The van der Waals surface area contributed by atoms with Gasteiger partial charge in [0, 0.05) is 32.1 Å². The van der Waals surface area contributed by atoms with Crippen molar-refractivity contribution >= 4 is 5.91 Å². The Bertz CT molecular complexity index is 774. The fourth-order valence-corrected chi connectivity index (χ4v) is 4.08. The van der Waals surface area contributed by atoms with Crippen LogP contribution >= 0.6 is 0 Å². The highest BCUT2D eigenvalue weighted by atomic mass is 16.5. The molecule has 2 aliphatic heterocycles. The molecule has 1 amide bonds. The second-order valence-electron chi connectivity index (χ2n) is 6.93. The van der Waals surface area contributed by atoms with Crippen molar-refractivity contribution < 1.29 is 9.53 Å². The first-order valence-electron chi connectivity index (χ1n) is 8.96. The van der Waals surface area contributed by atoms with E-state index in [1.807, 2.05) is 17.0 Å². The van der Waals surface area contributed by atoms with Gasteiger partial charge in [-0.3, -0.25) is 4.79 Å². The molecule has 2 aromatic rings. The van der Waals surface area contributed by atoms with Crippen LogP contribution in [-0.2, 0) is 17.8 Å². The van der Waals surface area contributed by atoms with Gasteiger partial charge in [0.1, 0.15) is 5.75 Å². The molecular weight excluding hydrogens is 312 g/mol. The van der Waals surface area contributed by atoms with E-state index in [9.17, 15) is 4.79 Å². The Hall–Kier alpha value is -2.33. The summed E-state index contributed by atoms with van der Waals surface area (Å²) in [5.41, 5.74) is 3.84. The highest BCUT2D eigenvalue weighted by Gasteiger charge is 2.37. The summed E-state index contributed by atoms with van der Waals surface area (Å²) in [5, 5.41) is 3.41. The van der Waals surface area contributed by atoms with Crippen molar-refractivity contribution in [2.24, 2.45) is 5.92 Å². The van der Waals surface area contributed by atoms with Crippen molar-refractivity contribution in [1.29, 1.82) is 0 Å². The molecule has 0 radical (unpaired) electrons. The van der Waals surface area contributed by atoms with Gasteiger partial charge in [0.2, 0.25) is 5.91 Å². The molecule has 25 heavy (non-hydrogen) atoms. The highest BCUT2D eigenvalue weighted by Crippen LogP contribution is 2.32. The number of carbonyl (C=O) groups excluding carboxylic acids is 1. The third kappa shape index (κ3) is 3.14. The Morgan fingerprint density at radius 2 is 1.96 bits per heavy atom. The Kier molecular flexibility index (Phi) is 4.45. The van der Waals surface area contributed by atoms with E-state index in [2.05, 4.69) is 41.7 Å². The lowest BCUT2D eigenvalue weighted by atomic mass is 9.87. The second-order valence-corrected chi connectivity index (χ2v) is 6.93. The van der Waals surface area contributed by atoms with Crippen LogP contribution in [0.15, 0.2) is 48.5 Å². The number of methoxy groups -OCH3 is 1. The molecule has 1 saturated heterocycles. The lowest BCUT2D eigenvalue weighted by molar-refractivity contribution is -0.136. The molecule has 0 spiro atoms. The summed E-state index contributed by atoms with van der Waals surface area (Å²) in [4.78, 5) is 15.2. The summed E-state index contributed by atoms with van der Waals surface area (Å²) in [6.45, 7) is 3.14. The summed E-state index contributed by atoms with van der Waals surface area (Å²) >= 11 is 0. The van der Waals surface area contributed by atoms with Gasteiger partial charge in [-0.2, -0.15) is 0 Å². The van der Waals surface area contributed by atoms with Gasteiger partial charge >= 0.3 is 0 Å². The number of hydrogen-bond donors (Lipinski definition) is 1. The second kappa shape index (κ2) is 6.89. The normalized spacial score (nSPS) is 22.5. The highest BCUT2D eigenvalue weighted by molar-refractivity contribution is 5.81. The van der Waals surface area contributed by atoms with Crippen LogP contribution < -0.4 is 10.1 Å². The largest absolute Gasteiger partial charge is 0.497 e. The topological polar surface area (TPSA) is 41.6 Å². The monoisotopic (exact) mass is 336 g/mol. The smallest absolute Gasteiger partial charge is 0.227 e. The molecule has 4 nitrogen and oxygen atoms in total. The number of amides is 1. The van der Waals surface area contributed by atoms with Crippen LogP contribution in [0.3, 0.4) is 0 Å². The maximum absolute atomic E-state index is 13.2. The van der Waals surface area contributed by atoms with Crippen molar-refractivity contribution in [3.63, 3.8) is 0 Å². The van der Waals surface area contributed by atoms with Crippen molar-refractivity contribution in [3.05, 3.63) is 65.2 Å². The van der Waals surface area contributed by atoms with E-state index >= 15 is 0 Å². The zero-order valence-corrected chi connectivity index (χ0v) is 14.6. The number of ether oxygens (including phenoxy) is 1. The molecule has 2 aliphatic rings. The van der Waals surface area contributed by atoms with E-state index in [1.54, 1.807) is 7.11 Å². The van der Waals surface area contributed by atoms with E-state index in [0.29, 0.717) is 0 Å². The van der Waals surface area contributed by atoms with Gasteiger partial charge in [-0.05, 0) is 35.2 Å². The third-order valence-corrected chi connectivity index (χ3v) is 5.50. The Balaban J connectivity index is 1.53. The average Bonchev–Trinajstić information content (AvgIpc) is 3.17. The standard InChI is InChI=1S/C21H24N2O2/c1-25-18-8-4-7-16(11-18)19-12-22-13-20(19)21(24)23-10-9-15-5-2-3-6-17(15)14-23/h2-8,11,19-20,22H,9-10,12-14H2,1H3. The summed E-state index contributed by atoms with van der Waals surface area (Å²) in [6, 6.07) is 16.6. The Labute approximate surface area is 148 Å². The van der Waals surface area contributed by atoms with Crippen LogP contribution in [0.5, 0.6) is 5.75 Å². The summed E-state index contributed by atoms with van der Waals surface area (Å²) in [7, 11) is 1.68. The molecule has 0 bridgehead atoms. The molecule has 2 heterocycles. The van der Waals surface area contributed by atoms with Gasteiger partial charge in [-0.25, -0.2) is 0 Å². The van der Waals surface area contributed by atoms with E-state index in [0.717, 1.165) is 38.3 Å². The number of carbonyl (C=O) groups is 1. The van der Waals surface area contributed by atoms with Crippen LogP contribution in [0.1, 0.15) is 22.6 Å². The lowest BCUT2D eigenvalue weighted by Gasteiger charge is -2.32. The van der Waals surface area contributed by atoms with E-state index < -0.39 is 0 Å². The summed E-state index contributed by atoms with van der Waals surface area (Å²) in [6.07, 6.45) is 0.950. The maximum Gasteiger partial charge on any atom is 0.227 e. The van der Waals surface area contributed by atoms with Gasteiger partial charge in [0.05, 0.1) is 13.0 Å². The minimum atomic E-state index is -0.00244. The SMILES string of the molecule is COc1cccc(C2CNCC2C(=O)N2CCc3ccccc3C2)c1. The molecule has 130 valence electrons. The minimum Gasteiger partial charge on any atom is -0.497 e. The van der Waals surface area contributed by atoms with Crippen molar-refractivity contribution in [2.45, 2.75) is 18.9 Å². The summed E-state index contributed by atoms with van der Waals surface area (Å²) in [5.74, 6) is 1.33. The van der Waals surface area contributed by atoms with Gasteiger partial charge in [0.15, 0.2) is 0 Å². The number of rotatable bonds is 3.